The highest BCUT2D eigenvalue weighted by Crippen LogP contribution is 2.30. The molecule has 1 saturated heterocycles. The fourth-order valence-electron chi connectivity index (χ4n) is 3.94. The summed E-state index contributed by atoms with van der Waals surface area (Å²) in [7, 11) is 0. The van der Waals surface area contributed by atoms with Gasteiger partial charge in [0.15, 0.2) is 6.61 Å². The topological polar surface area (TPSA) is 155 Å². The number of ether oxygens (including phenoxy) is 2. The van der Waals surface area contributed by atoms with Crippen molar-refractivity contribution < 1.29 is 44.0 Å². The number of aliphatic carboxylic acids is 1. The number of carbonyl (C=O) groups is 3. The van der Waals surface area contributed by atoms with Crippen LogP contribution in [0.4, 0.5) is 0 Å². The van der Waals surface area contributed by atoms with Gasteiger partial charge in [0.1, 0.15) is 17.1 Å². The van der Waals surface area contributed by atoms with Crippen LogP contribution in [0.1, 0.15) is 54.4 Å². The Balaban J connectivity index is 1.88. The van der Waals surface area contributed by atoms with Gasteiger partial charge in [-0.3, -0.25) is 4.79 Å². The fraction of sp³-hybridized carbons (Fsp3) is 0.462. The predicted octanol–water partition coefficient (Wildman–Crippen LogP) is 2.55. The first-order valence-electron chi connectivity index (χ1n) is 12.2. The number of phenolic OH excluding ortho intramolecular Hbond substituents is 1. The van der Waals surface area contributed by atoms with Crippen molar-refractivity contribution in [2.75, 3.05) is 26.3 Å². The van der Waals surface area contributed by atoms with Gasteiger partial charge in [-0.25, -0.2) is 9.59 Å². The van der Waals surface area contributed by atoms with Crippen LogP contribution < -0.4 is 4.74 Å². The Morgan fingerprint density at radius 3 is 2.57 bits per heavy atom. The van der Waals surface area contributed by atoms with E-state index >= 15 is 0 Å². The Morgan fingerprint density at radius 1 is 1.08 bits per heavy atom. The van der Waals surface area contributed by atoms with Gasteiger partial charge in [-0.1, -0.05) is 23.4 Å². The van der Waals surface area contributed by atoms with Gasteiger partial charge in [-0.15, -0.1) is 0 Å². The third-order valence-electron chi connectivity index (χ3n) is 5.78. The van der Waals surface area contributed by atoms with E-state index in [0.717, 1.165) is 31.7 Å². The predicted molar refractivity (Wildman–Crippen MR) is 132 cm³/mol. The van der Waals surface area contributed by atoms with Crippen LogP contribution in [0.3, 0.4) is 0 Å². The molecule has 0 aromatic heterocycles. The molecule has 11 heteroatoms. The molecule has 1 fully saturated rings. The average Bonchev–Trinajstić information content (AvgIpc) is 2.87. The summed E-state index contributed by atoms with van der Waals surface area (Å²) in [5.41, 5.74) is 0.403. The van der Waals surface area contributed by atoms with Crippen LogP contribution in [0.5, 0.6) is 11.5 Å². The molecule has 1 amide bonds. The second-order valence-corrected chi connectivity index (χ2v) is 8.63. The highest BCUT2D eigenvalue weighted by atomic mass is 16.6. The number of hydrogen-bond acceptors (Lipinski definition) is 9. The Hall–Kier alpha value is -3.86. The van der Waals surface area contributed by atoms with Crippen LogP contribution in [0.25, 0.3) is 0 Å². The normalized spacial score (nSPS) is 20.6. The quantitative estimate of drug-likeness (QED) is 0.224. The molecule has 0 saturated carbocycles. The lowest BCUT2D eigenvalue weighted by atomic mass is 9.99. The smallest absolute Gasteiger partial charge is 0.373 e. The number of carboxylic acid groups (broad SMARTS) is 1. The van der Waals surface area contributed by atoms with E-state index in [2.05, 4.69) is 5.16 Å². The molecule has 1 atom stereocenters. The molecule has 11 nitrogen and oxygen atoms in total. The van der Waals surface area contributed by atoms with Gasteiger partial charge in [0, 0.05) is 25.6 Å². The van der Waals surface area contributed by atoms with Gasteiger partial charge >= 0.3 is 11.9 Å². The average molecular weight is 517 g/mol. The van der Waals surface area contributed by atoms with Crippen molar-refractivity contribution in [2.24, 2.45) is 5.16 Å². The summed E-state index contributed by atoms with van der Waals surface area (Å²) in [5, 5.41) is 33.2. The molecule has 2 aliphatic heterocycles. The molecule has 2 heterocycles. The molecule has 0 radical (unpaired) electrons. The molecule has 1 aromatic rings. The largest absolute Gasteiger partial charge is 0.507 e. The summed E-state index contributed by atoms with van der Waals surface area (Å²) in [6.07, 6.45) is 10.2. The lowest BCUT2D eigenvalue weighted by molar-refractivity contribution is -0.162. The Morgan fingerprint density at radius 2 is 1.81 bits per heavy atom. The third-order valence-corrected chi connectivity index (χ3v) is 5.78. The van der Waals surface area contributed by atoms with Crippen molar-refractivity contribution in [2.45, 2.75) is 51.2 Å². The van der Waals surface area contributed by atoms with Crippen molar-refractivity contribution in [3.63, 3.8) is 0 Å². The number of piperidine rings is 1. The van der Waals surface area contributed by atoms with Gasteiger partial charge in [0.25, 0.3) is 12.2 Å². The van der Waals surface area contributed by atoms with Crippen LogP contribution in [0.15, 0.2) is 41.6 Å². The van der Waals surface area contributed by atoms with Crippen LogP contribution in [0.2, 0.25) is 0 Å². The Labute approximate surface area is 214 Å². The first-order chi connectivity index (χ1) is 17.8. The lowest BCUT2D eigenvalue weighted by Gasteiger charge is -2.26. The van der Waals surface area contributed by atoms with E-state index in [-0.39, 0.29) is 42.4 Å². The summed E-state index contributed by atoms with van der Waals surface area (Å²) in [5.74, 6) is -3.26. The number of benzene rings is 1. The first-order valence-corrected chi connectivity index (χ1v) is 12.2. The molecule has 3 rings (SSSR count). The van der Waals surface area contributed by atoms with Gasteiger partial charge in [0.2, 0.25) is 0 Å². The van der Waals surface area contributed by atoms with E-state index in [1.54, 1.807) is 11.0 Å². The summed E-state index contributed by atoms with van der Waals surface area (Å²) in [4.78, 5) is 43.3. The number of aliphatic hydroxyl groups is 1. The minimum absolute atomic E-state index is 0.0391. The SMILES string of the molecule is O=C1OCC/C=C/CC/C=C/C(=N\OCC(=O)N2CCCCC2)Cc2cc(OC(O)C(=O)O)cc(O)c21. The second-order valence-electron chi connectivity index (χ2n) is 8.63. The number of likely N-dealkylation sites (tertiary alicyclic amines) is 1. The Bertz CT molecular complexity index is 1060. The number of oxime groups is 1. The van der Waals surface area contributed by atoms with E-state index in [0.29, 0.717) is 31.6 Å². The minimum Gasteiger partial charge on any atom is -0.507 e. The molecule has 1 unspecified atom stereocenters. The van der Waals surface area contributed by atoms with Gasteiger partial charge in [-0.05, 0) is 56.2 Å². The van der Waals surface area contributed by atoms with E-state index < -0.39 is 24.0 Å². The maximum absolute atomic E-state index is 12.8. The molecule has 1 aromatic carbocycles. The molecular formula is C26H32N2O9. The number of cyclic esters (lactones) is 1. The Kier molecular flexibility index (Phi) is 10.5. The van der Waals surface area contributed by atoms with Crippen LogP contribution in [-0.4, -0.2) is 76.4 Å². The van der Waals surface area contributed by atoms with Crippen molar-refractivity contribution >= 4 is 23.6 Å². The van der Waals surface area contributed by atoms with Gasteiger partial charge in [-0.2, -0.15) is 0 Å². The summed E-state index contributed by atoms with van der Waals surface area (Å²) < 4.78 is 10.3. The lowest BCUT2D eigenvalue weighted by Crippen LogP contribution is -2.37. The number of esters is 1. The van der Waals surface area contributed by atoms with Crippen molar-refractivity contribution in [1.82, 2.24) is 4.90 Å². The number of carboxylic acids is 1. The number of amides is 1. The van der Waals surface area contributed by atoms with Crippen LogP contribution in [-0.2, 0) is 25.6 Å². The summed E-state index contributed by atoms with van der Waals surface area (Å²) >= 11 is 0. The van der Waals surface area contributed by atoms with Crippen LogP contribution >= 0.6 is 0 Å². The third kappa shape index (κ3) is 8.64. The number of aromatic hydroxyl groups is 1. The number of carbonyl (C=O) groups excluding carboxylic acids is 2. The van der Waals surface area contributed by atoms with Crippen LogP contribution in [0, 0.1) is 0 Å². The fourth-order valence-corrected chi connectivity index (χ4v) is 3.94. The molecular weight excluding hydrogens is 484 g/mol. The number of allylic oxidation sites excluding steroid dienone is 3. The number of nitrogens with zero attached hydrogens (tertiary/aromatic N) is 2. The maximum Gasteiger partial charge on any atom is 0.373 e. The van der Waals surface area contributed by atoms with E-state index in [1.165, 1.54) is 6.07 Å². The first kappa shape index (κ1) is 27.7. The molecule has 0 bridgehead atoms. The van der Waals surface area contributed by atoms with Crippen molar-refractivity contribution in [3.05, 3.63) is 47.6 Å². The molecule has 2 aliphatic rings. The molecule has 200 valence electrons. The maximum atomic E-state index is 12.8. The minimum atomic E-state index is -2.17. The van der Waals surface area contributed by atoms with Gasteiger partial charge < -0.3 is 34.5 Å². The zero-order chi connectivity index (χ0) is 26.6. The van der Waals surface area contributed by atoms with Crippen molar-refractivity contribution in [1.29, 1.82) is 0 Å². The molecule has 3 N–H and O–H groups in total. The molecule has 37 heavy (non-hydrogen) atoms. The van der Waals surface area contributed by atoms with Gasteiger partial charge in [0.05, 0.1) is 12.3 Å². The van der Waals surface area contributed by atoms with E-state index in [9.17, 15) is 24.6 Å². The number of fused-ring (bicyclic) bond motifs is 1. The monoisotopic (exact) mass is 516 g/mol. The zero-order valence-electron chi connectivity index (χ0n) is 20.5. The standard InChI is InChI=1S/C26H32N2O9/c29-21-16-20(37-26(34)24(31)32)15-18-14-19(27-36-17-22(30)28-11-7-5-8-12-28)10-6-3-1-2-4-9-13-35-25(33)23(18)21/h2,4,6,10,15-16,26,29,34H,1,3,5,7-9,11-14,17H2,(H,31,32)/b4-2+,10-6+,27-19+. The second kappa shape index (κ2) is 14.0. The summed E-state index contributed by atoms with van der Waals surface area (Å²) in [6, 6.07) is 2.34. The summed E-state index contributed by atoms with van der Waals surface area (Å²) in [6.45, 7) is 1.23. The highest BCUT2D eigenvalue weighted by molar-refractivity contribution is 6.00. The molecule has 0 aliphatic carbocycles. The highest BCUT2D eigenvalue weighted by Gasteiger charge is 2.23. The number of aliphatic hydroxyl groups excluding tert-OH is 1. The number of rotatable bonds is 6. The number of hydrogen-bond donors (Lipinski definition) is 3. The zero-order valence-corrected chi connectivity index (χ0v) is 20.5. The van der Waals surface area contributed by atoms with E-state index in [1.807, 2.05) is 18.2 Å². The molecule has 0 spiro atoms. The van der Waals surface area contributed by atoms with E-state index in [4.69, 9.17) is 19.4 Å². The van der Waals surface area contributed by atoms with Crippen molar-refractivity contribution in [3.8, 4) is 11.5 Å². The number of phenols is 1.